The van der Waals surface area contributed by atoms with Gasteiger partial charge in [-0.15, -0.1) is 11.3 Å². The van der Waals surface area contributed by atoms with Crippen LogP contribution in [0.3, 0.4) is 0 Å². The standard InChI is InChI=1S/C12H17N3OS/c1-6(2)5-9-14-12(16-15-9)10-7(3)8(4)17-11(10)13/h6H,5,13H2,1-4H3. The fourth-order valence-corrected chi connectivity index (χ4v) is 2.65. The summed E-state index contributed by atoms with van der Waals surface area (Å²) < 4.78 is 5.29. The summed E-state index contributed by atoms with van der Waals surface area (Å²) in [7, 11) is 0. The Bertz CT molecular complexity index is 528. The Labute approximate surface area is 105 Å². The van der Waals surface area contributed by atoms with Gasteiger partial charge in [0.2, 0.25) is 0 Å². The van der Waals surface area contributed by atoms with Gasteiger partial charge in [-0.25, -0.2) is 0 Å². The summed E-state index contributed by atoms with van der Waals surface area (Å²) in [5, 5.41) is 4.74. The van der Waals surface area contributed by atoms with Gasteiger partial charge in [0.1, 0.15) is 0 Å². The van der Waals surface area contributed by atoms with Crippen LogP contribution < -0.4 is 5.73 Å². The van der Waals surface area contributed by atoms with Gasteiger partial charge in [0, 0.05) is 11.3 Å². The lowest BCUT2D eigenvalue weighted by Crippen LogP contribution is -1.96. The van der Waals surface area contributed by atoms with Crippen molar-refractivity contribution in [3.63, 3.8) is 0 Å². The number of thiophene rings is 1. The summed E-state index contributed by atoms with van der Waals surface area (Å²) in [5.74, 6) is 1.81. The molecule has 0 spiro atoms. The molecule has 0 aliphatic heterocycles. The van der Waals surface area contributed by atoms with Gasteiger partial charge < -0.3 is 10.3 Å². The van der Waals surface area contributed by atoms with E-state index in [0.29, 0.717) is 11.8 Å². The van der Waals surface area contributed by atoms with Crippen molar-refractivity contribution in [2.24, 2.45) is 5.92 Å². The number of aromatic nitrogens is 2. The molecular weight excluding hydrogens is 234 g/mol. The minimum absolute atomic E-state index is 0.517. The fourth-order valence-electron chi connectivity index (χ4n) is 1.72. The van der Waals surface area contributed by atoms with E-state index in [-0.39, 0.29) is 0 Å². The molecule has 0 fully saturated rings. The third-order valence-corrected chi connectivity index (χ3v) is 3.72. The summed E-state index contributed by atoms with van der Waals surface area (Å²) in [6, 6.07) is 0. The van der Waals surface area contributed by atoms with E-state index in [2.05, 4.69) is 24.0 Å². The second kappa shape index (κ2) is 4.49. The smallest absolute Gasteiger partial charge is 0.261 e. The number of nitrogens with zero attached hydrogens (tertiary/aromatic N) is 2. The lowest BCUT2D eigenvalue weighted by molar-refractivity contribution is 0.418. The molecule has 0 atom stereocenters. The molecule has 2 heterocycles. The van der Waals surface area contributed by atoms with Crippen molar-refractivity contribution in [3.8, 4) is 11.5 Å². The van der Waals surface area contributed by atoms with Gasteiger partial charge in [0.25, 0.3) is 5.89 Å². The van der Waals surface area contributed by atoms with Crippen LogP contribution in [-0.4, -0.2) is 10.1 Å². The highest BCUT2D eigenvalue weighted by molar-refractivity contribution is 7.16. The Balaban J connectivity index is 2.37. The first-order chi connectivity index (χ1) is 7.99. The van der Waals surface area contributed by atoms with Gasteiger partial charge in [0.05, 0.1) is 10.6 Å². The third kappa shape index (κ3) is 2.34. The number of nitrogen functional groups attached to an aromatic ring is 1. The topological polar surface area (TPSA) is 64.9 Å². The van der Waals surface area contributed by atoms with Crippen LogP contribution in [0.5, 0.6) is 0 Å². The zero-order chi connectivity index (χ0) is 12.6. The summed E-state index contributed by atoms with van der Waals surface area (Å²) >= 11 is 1.56. The van der Waals surface area contributed by atoms with Gasteiger partial charge in [0.15, 0.2) is 5.82 Å². The number of anilines is 1. The number of nitrogens with two attached hydrogens (primary N) is 1. The number of hydrogen-bond donors (Lipinski definition) is 1. The van der Waals surface area contributed by atoms with Crippen molar-refractivity contribution in [1.82, 2.24) is 10.1 Å². The van der Waals surface area contributed by atoms with E-state index < -0.39 is 0 Å². The Hall–Kier alpha value is -1.36. The molecule has 0 aliphatic carbocycles. The van der Waals surface area contributed by atoms with Crippen molar-refractivity contribution in [3.05, 3.63) is 16.3 Å². The van der Waals surface area contributed by atoms with Crippen molar-refractivity contribution < 1.29 is 4.52 Å². The van der Waals surface area contributed by atoms with Gasteiger partial charge in [-0.05, 0) is 25.3 Å². The van der Waals surface area contributed by atoms with E-state index >= 15 is 0 Å². The van der Waals surface area contributed by atoms with Gasteiger partial charge in [-0.1, -0.05) is 19.0 Å². The van der Waals surface area contributed by atoms with Crippen LogP contribution in [0.2, 0.25) is 0 Å². The van der Waals surface area contributed by atoms with Crippen LogP contribution in [0.25, 0.3) is 11.5 Å². The number of hydrogen-bond acceptors (Lipinski definition) is 5. The van der Waals surface area contributed by atoms with E-state index in [9.17, 15) is 0 Å². The van der Waals surface area contributed by atoms with E-state index in [1.807, 2.05) is 13.8 Å². The third-order valence-electron chi connectivity index (χ3n) is 2.69. The molecule has 4 nitrogen and oxygen atoms in total. The van der Waals surface area contributed by atoms with E-state index in [0.717, 1.165) is 28.4 Å². The molecule has 17 heavy (non-hydrogen) atoms. The molecule has 2 aromatic heterocycles. The molecule has 2 aromatic rings. The highest BCUT2D eigenvalue weighted by Gasteiger charge is 2.18. The maximum atomic E-state index is 5.98. The minimum atomic E-state index is 0.517. The van der Waals surface area contributed by atoms with Crippen LogP contribution in [0, 0.1) is 19.8 Å². The van der Waals surface area contributed by atoms with Crippen molar-refractivity contribution in [2.45, 2.75) is 34.1 Å². The maximum absolute atomic E-state index is 5.98. The Morgan fingerprint density at radius 3 is 2.59 bits per heavy atom. The van der Waals surface area contributed by atoms with Crippen molar-refractivity contribution >= 4 is 16.3 Å². The maximum Gasteiger partial charge on any atom is 0.261 e. The zero-order valence-corrected chi connectivity index (χ0v) is 11.4. The van der Waals surface area contributed by atoms with Gasteiger partial charge >= 0.3 is 0 Å². The van der Waals surface area contributed by atoms with Crippen LogP contribution in [-0.2, 0) is 6.42 Å². The lowest BCUT2D eigenvalue weighted by atomic mass is 10.1. The summed E-state index contributed by atoms with van der Waals surface area (Å²) in [5.41, 5.74) is 8.01. The van der Waals surface area contributed by atoms with Gasteiger partial charge in [-0.3, -0.25) is 0 Å². The molecule has 5 heteroatoms. The largest absolute Gasteiger partial charge is 0.390 e. The van der Waals surface area contributed by atoms with E-state index in [1.165, 1.54) is 4.88 Å². The molecule has 0 unspecified atom stereocenters. The highest BCUT2D eigenvalue weighted by atomic mass is 32.1. The van der Waals surface area contributed by atoms with E-state index in [1.54, 1.807) is 11.3 Å². The summed E-state index contributed by atoms with van der Waals surface area (Å²) in [6.07, 6.45) is 0.825. The Morgan fingerprint density at radius 1 is 1.35 bits per heavy atom. The molecular formula is C12H17N3OS. The molecule has 2 rings (SSSR count). The average molecular weight is 251 g/mol. The number of aryl methyl sites for hydroxylation is 1. The monoisotopic (exact) mass is 251 g/mol. The Kier molecular flexibility index (Phi) is 3.19. The van der Waals surface area contributed by atoms with Crippen LogP contribution in [0.4, 0.5) is 5.00 Å². The van der Waals surface area contributed by atoms with Crippen molar-refractivity contribution in [1.29, 1.82) is 0 Å². The second-order valence-corrected chi connectivity index (χ2v) is 5.89. The second-order valence-electron chi connectivity index (χ2n) is 4.64. The van der Waals surface area contributed by atoms with Crippen LogP contribution in [0.15, 0.2) is 4.52 Å². The lowest BCUT2D eigenvalue weighted by Gasteiger charge is -1.96. The predicted molar refractivity (Wildman–Crippen MR) is 70.0 cm³/mol. The van der Waals surface area contributed by atoms with Gasteiger partial charge in [-0.2, -0.15) is 4.98 Å². The van der Waals surface area contributed by atoms with Crippen LogP contribution >= 0.6 is 11.3 Å². The quantitative estimate of drug-likeness (QED) is 0.909. The minimum Gasteiger partial charge on any atom is -0.390 e. The molecule has 0 radical (unpaired) electrons. The predicted octanol–water partition coefficient (Wildman–Crippen LogP) is 3.20. The SMILES string of the molecule is Cc1sc(N)c(-c2nc(CC(C)C)no2)c1C. The average Bonchev–Trinajstić information content (AvgIpc) is 2.73. The summed E-state index contributed by atoms with van der Waals surface area (Å²) in [4.78, 5) is 5.60. The van der Waals surface area contributed by atoms with Crippen LogP contribution in [0.1, 0.15) is 30.1 Å². The first-order valence-electron chi connectivity index (χ1n) is 5.67. The highest BCUT2D eigenvalue weighted by Crippen LogP contribution is 2.37. The molecule has 92 valence electrons. The van der Waals surface area contributed by atoms with Crippen molar-refractivity contribution in [2.75, 3.05) is 5.73 Å². The summed E-state index contributed by atoms with van der Waals surface area (Å²) in [6.45, 7) is 8.34. The molecule has 2 N–H and O–H groups in total. The zero-order valence-electron chi connectivity index (χ0n) is 10.6. The first-order valence-corrected chi connectivity index (χ1v) is 6.49. The molecule has 0 amide bonds. The molecule has 0 saturated carbocycles. The van der Waals surface area contributed by atoms with E-state index in [4.69, 9.17) is 10.3 Å². The first kappa shape index (κ1) is 12.1. The molecule has 0 bridgehead atoms. The molecule has 0 saturated heterocycles. The fraction of sp³-hybridized carbons (Fsp3) is 0.500. The molecule has 0 aliphatic rings. The normalized spacial score (nSPS) is 11.4. The Morgan fingerprint density at radius 2 is 2.06 bits per heavy atom. The number of rotatable bonds is 3. The molecule has 0 aromatic carbocycles.